The Morgan fingerprint density at radius 1 is 1.31 bits per heavy atom. The summed E-state index contributed by atoms with van der Waals surface area (Å²) in [7, 11) is 0. The maximum Gasteiger partial charge on any atom is 0.144 e. The second-order valence-corrected chi connectivity index (χ2v) is 4.29. The summed E-state index contributed by atoms with van der Waals surface area (Å²) >= 11 is 7.30. The molecule has 13 heavy (non-hydrogen) atoms. The highest BCUT2D eigenvalue weighted by Gasteiger charge is 2.05. The first-order valence-corrected chi connectivity index (χ1v) is 5.03. The van der Waals surface area contributed by atoms with Crippen LogP contribution >= 0.6 is 22.9 Å². The van der Waals surface area contributed by atoms with Crippen LogP contribution in [0.15, 0.2) is 28.7 Å². The highest BCUT2D eigenvalue weighted by atomic mass is 35.5. The molecule has 0 aliphatic heterocycles. The molecule has 2 rings (SSSR count). The third-order valence-corrected chi connectivity index (χ3v) is 2.92. The molecule has 2 aromatic heterocycles. The summed E-state index contributed by atoms with van der Waals surface area (Å²) in [6.07, 6.45) is 0. The molecule has 0 radical (unpaired) electrons. The molecule has 0 aliphatic carbocycles. The first-order chi connectivity index (χ1) is 6.29. The number of hydrogen-bond acceptors (Lipinski definition) is 3. The Morgan fingerprint density at radius 2 is 2.15 bits per heavy atom. The molecule has 0 saturated heterocycles. The Hall–Kier alpha value is -0.770. The normalized spacial score (nSPS) is 10.6. The lowest BCUT2D eigenvalue weighted by atomic mass is 10.3. The summed E-state index contributed by atoms with van der Waals surface area (Å²) in [4.78, 5) is 1.03. The Bertz CT molecular complexity index is 407. The van der Waals surface area contributed by atoms with Gasteiger partial charge >= 0.3 is 0 Å². The van der Waals surface area contributed by atoms with Gasteiger partial charge in [0.25, 0.3) is 0 Å². The van der Waals surface area contributed by atoms with Gasteiger partial charge in [-0.1, -0.05) is 11.6 Å². The molecule has 68 valence electrons. The van der Waals surface area contributed by atoms with Crippen LogP contribution in [0.5, 0.6) is 0 Å². The third-order valence-electron chi connectivity index (χ3n) is 1.68. The Balaban J connectivity index is 2.35. The van der Waals surface area contributed by atoms with Crippen LogP contribution in [0, 0.1) is 0 Å². The third kappa shape index (κ3) is 1.77. The van der Waals surface area contributed by atoms with Crippen molar-refractivity contribution in [1.82, 2.24) is 0 Å². The van der Waals surface area contributed by atoms with E-state index in [0.717, 1.165) is 20.7 Å². The van der Waals surface area contributed by atoms with Crippen molar-refractivity contribution in [2.24, 2.45) is 5.73 Å². The summed E-state index contributed by atoms with van der Waals surface area (Å²) < 4.78 is 6.22. The van der Waals surface area contributed by atoms with Crippen molar-refractivity contribution in [3.05, 3.63) is 34.4 Å². The van der Waals surface area contributed by atoms with E-state index in [-0.39, 0.29) is 0 Å². The fraction of sp³-hybridized carbons (Fsp3) is 0.111. The minimum atomic E-state index is 0.430. The monoisotopic (exact) mass is 213 g/mol. The molecule has 2 nitrogen and oxygen atoms in total. The zero-order valence-electron chi connectivity index (χ0n) is 6.79. The maximum absolute atomic E-state index is 5.80. The van der Waals surface area contributed by atoms with Crippen molar-refractivity contribution in [3.8, 4) is 10.6 Å². The molecule has 0 aliphatic rings. The summed E-state index contributed by atoms with van der Waals surface area (Å²) in [5.41, 5.74) is 5.43. The van der Waals surface area contributed by atoms with E-state index in [1.165, 1.54) is 11.3 Å². The summed E-state index contributed by atoms with van der Waals surface area (Å²) in [5.74, 6) is 1.62. The topological polar surface area (TPSA) is 39.2 Å². The quantitative estimate of drug-likeness (QED) is 0.833. The summed E-state index contributed by atoms with van der Waals surface area (Å²) in [5, 5.41) is 0. The molecule has 0 atom stereocenters. The zero-order chi connectivity index (χ0) is 9.26. The molecule has 2 N–H and O–H groups in total. The fourth-order valence-electron chi connectivity index (χ4n) is 1.07. The molecule has 4 heteroatoms. The van der Waals surface area contributed by atoms with Crippen LogP contribution in [0.25, 0.3) is 10.6 Å². The number of hydrogen-bond donors (Lipinski definition) is 1. The van der Waals surface area contributed by atoms with Crippen LogP contribution in [0.2, 0.25) is 4.34 Å². The molecule has 0 aromatic carbocycles. The molecule has 0 spiro atoms. The average molecular weight is 214 g/mol. The van der Waals surface area contributed by atoms with Gasteiger partial charge in [-0.05, 0) is 24.3 Å². The predicted molar refractivity (Wildman–Crippen MR) is 54.9 cm³/mol. The lowest BCUT2D eigenvalue weighted by molar-refractivity contribution is 0.526. The number of thiophene rings is 1. The first-order valence-electron chi connectivity index (χ1n) is 3.84. The highest BCUT2D eigenvalue weighted by molar-refractivity contribution is 7.19. The first kappa shape index (κ1) is 8.81. The van der Waals surface area contributed by atoms with Crippen LogP contribution < -0.4 is 5.73 Å². The van der Waals surface area contributed by atoms with Gasteiger partial charge in [0.2, 0.25) is 0 Å². The Kier molecular flexibility index (Phi) is 2.40. The van der Waals surface area contributed by atoms with Gasteiger partial charge in [-0.25, -0.2) is 0 Å². The second kappa shape index (κ2) is 3.54. The molecule has 0 fully saturated rings. The number of rotatable bonds is 2. The van der Waals surface area contributed by atoms with Crippen molar-refractivity contribution >= 4 is 22.9 Å². The molecular weight excluding hydrogens is 206 g/mol. The van der Waals surface area contributed by atoms with Crippen molar-refractivity contribution in [2.45, 2.75) is 6.54 Å². The van der Waals surface area contributed by atoms with E-state index in [2.05, 4.69) is 0 Å². The van der Waals surface area contributed by atoms with E-state index in [1.807, 2.05) is 24.3 Å². The van der Waals surface area contributed by atoms with Crippen molar-refractivity contribution < 1.29 is 4.42 Å². The average Bonchev–Trinajstić information content (AvgIpc) is 2.71. The van der Waals surface area contributed by atoms with E-state index in [4.69, 9.17) is 21.8 Å². The fourth-order valence-corrected chi connectivity index (χ4v) is 2.07. The van der Waals surface area contributed by atoms with Crippen LogP contribution in [-0.4, -0.2) is 0 Å². The molecule has 0 amide bonds. The highest BCUT2D eigenvalue weighted by Crippen LogP contribution is 2.31. The SMILES string of the molecule is NCc1ccc(-c2ccc(Cl)s2)o1. The molecule has 0 unspecified atom stereocenters. The van der Waals surface area contributed by atoms with Crippen LogP contribution in [0.4, 0.5) is 0 Å². The minimum absolute atomic E-state index is 0.430. The van der Waals surface area contributed by atoms with E-state index < -0.39 is 0 Å². The molecule has 0 saturated carbocycles. The standard InChI is InChI=1S/C9H8ClNOS/c10-9-4-3-8(13-9)7-2-1-6(5-11)12-7/h1-4H,5,11H2. The smallest absolute Gasteiger partial charge is 0.144 e. The molecule has 0 bridgehead atoms. The summed E-state index contributed by atoms with van der Waals surface area (Å²) in [6, 6.07) is 7.58. The van der Waals surface area contributed by atoms with E-state index in [0.29, 0.717) is 6.54 Å². The molecular formula is C9H8ClNOS. The van der Waals surface area contributed by atoms with Gasteiger partial charge in [0, 0.05) is 0 Å². The molecule has 2 aromatic rings. The number of furan rings is 1. The lowest BCUT2D eigenvalue weighted by Crippen LogP contribution is -1.92. The minimum Gasteiger partial charge on any atom is -0.459 e. The van der Waals surface area contributed by atoms with Gasteiger partial charge in [0.15, 0.2) is 0 Å². The van der Waals surface area contributed by atoms with E-state index in [9.17, 15) is 0 Å². The van der Waals surface area contributed by atoms with Gasteiger partial charge in [-0.2, -0.15) is 0 Å². The van der Waals surface area contributed by atoms with Gasteiger partial charge in [-0.15, -0.1) is 11.3 Å². The largest absolute Gasteiger partial charge is 0.459 e. The second-order valence-electron chi connectivity index (χ2n) is 2.57. The Labute approximate surface area is 84.9 Å². The maximum atomic E-state index is 5.80. The van der Waals surface area contributed by atoms with Crippen molar-refractivity contribution in [2.75, 3.05) is 0 Å². The lowest BCUT2D eigenvalue weighted by Gasteiger charge is -1.89. The van der Waals surface area contributed by atoms with Crippen LogP contribution in [0.3, 0.4) is 0 Å². The van der Waals surface area contributed by atoms with E-state index in [1.54, 1.807) is 0 Å². The number of halogens is 1. The van der Waals surface area contributed by atoms with Crippen molar-refractivity contribution in [1.29, 1.82) is 0 Å². The summed E-state index contributed by atoms with van der Waals surface area (Å²) in [6.45, 7) is 0.430. The predicted octanol–water partition coefficient (Wildman–Crippen LogP) is 3.12. The van der Waals surface area contributed by atoms with Crippen LogP contribution in [0.1, 0.15) is 5.76 Å². The van der Waals surface area contributed by atoms with Gasteiger partial charge in [0.1, 0.15) is 11.5 Å². The van der Waals surface area contributed by atoms with Gasteiger partial charge in [-0.3, -0.25) is 0 Å². The van der Waals surface area contributed by atoms with Crippen molar-refractivity contribution in [3.63, 3.8) is 0 Å². The number of nitrogens with two attached hydrogens (primary N) is 1. The zero-order valence-corrected chi connectivity index (χ0v) is 8.36. The van der Waals surface area contributed by atoms with Gasteiger partial charge < -0.3 is 10.2 Å². The Morgan fingerprint density at radius 3 is 2.69 bits per heavy atom. The van der Waals surface area contributed by atoms with Crippen LogP contribution in [-0.2, 0) is 6.54 Å². The molecule has 2 heterocycles. The van der Waals surface area contributed by atoms with E-state index >= 15 is 0 Å². The van der Waals surface area contributed by atoms with Gasteiger partial charge in [0.05, 0.1) is 15.8 Å².